The average molecular weight is 374 g/mol. The largest absolute Gasteiger partial charge is 0.354 e. The normalized spacial score (nSPS) is 15.0. The summed E-state index contributed by atoms with van der Waals surface area (Å²) in [4.78, 5) is 22.0. The summed E-state index contributed by atoms with van der Waals surface area (Å²) in [6, 6.07) is 18.2. The lowest BCUT2D eigenvalue weighted by molar-refractivity contribution is 0.0925. The first-order valence-corrected chi connectivity index (χ1v) is 9.79. The number of hydrogen-bond donors (Lipinski definition) is 0. The second kappa shape index (κ2) is 7.98. The van der Waals surface area contributed by atoms with E-state index in [0.717, 1.165) is 54.6 Å². The van der Waals surface area contributed by atoms with Crippen molar-refractivity contribution in [3.63, 3.8) is 0 Å². The highest BCUT2D eigenvalue weighted by Gasteiger charge is 2.22. The first-order valence-electron chi connectivity index (χ1n) is 9.79. The van der Waals surface area contributed by atoms with E-state index in [2.05, 4.69) is 38.4 Å². The minimum Gasteiger partial charge on any atom is -0.354 e. The molecule has 144 valence electrons. The molecule has 5 nitrogen and oxygen atoms in total. The van der Waals surface area contributed by atoms with Crippen molar-refractivity contribution in [2.45, 2.75) is 13.8 Å². The first kappa shape index (κ1) is 18.4. The van der Waals surface area contributed by atoms with Crippen molar-refractivity contribution in [2.75, 3.05) is 37.6 Å². The number of piperazine rings is 1. The maximum absolute atomic E-state index is 13.0. The quantitative estimate of drug-likeness (QED) is 0.641. The van der Waals surface area contributed by atoms with Gasteiger partial charge in [0, 0.05) is 55.0 Å². The van der Waals surface area contributed by atoms with Gasteiger partial charge in [-0.3, -0.25) is 9.69 Å². The predicted octanol–water partition coefficient (Wildman–Crippen LogP) is 3.49. The van der Waals surface area contributed by atoms with Gasteiger partial charge in [0.05, 0.1) is 6.54 Å². The van der Waals surface area contributed by atoms with Gasteiger partial charge >= 0.3 is 0 Å². The van der Waals surface area contributed by atoms with E-state index in [-0.39, 0.29) is 5.78 Å². The monoisotopic (exact) mass is 374 g/mol. The topological polar surface area (TPSA) is 41.4 Å². The zero-order valence-electron chi connectivity index (χ0n) is 16.5. The van der Waals surface area contributed by atoms with Gasteiger partial charge in [0.15, 0.2) is 5.78 Å². The van der Waals surface area contributed by atoms with E-state index in [0.29, 0.717) is 6.54 Å². The second-order valence-electron chi connectivity index (χ2n) is 7.33. The van der Waals surface area contributed by atoms with Crippen LogP contribution < -0.4 is 4.90 Å². The fourth-order valence-corrected chi connectivity index (χ4v) is 3.98. The van der Waals surface area contributed by atoms with E-state index in [1.54, 1.807) is 0 Å². The molecular weight excluding hydrogens is 348 g/mol. The molecule has 1 aromatic carbocycles. The summed E-state index contributed by atoms with van der Waals surface area (Å²) >= 11 is 0. The molecule has 5 heteroatoms. The molecule has 1 fully saturated rings. The summed E-state index contributed by atoms with van der Waals surface area (Å²) in [5, 5.41) is 0. The van der Waals surface area contributed by atoms with Crippen LogP contribution in [0.2, 0.25) is 0 Å². The number of benzene rings is 1. The SMILES string of the molecule is Cc1cc(C(=O)CN2CCN(c3ccccn3)CC2)c(C)n1-c1ccccc1. The minimum absolute atomic E-state index is 0.196. The van der Waals surface area contributed by atoms with Gasteiger partial charge in [0.2, 0.25) is 0 Å². The molecule has 3 aromatic rings. The van der Waals surface area contributed by atoms with Crippen molar-refractivity contribution < 1.29 is 4.79 Å². The lowest BCUT2D eigenvalue weighted by Gasteiger charge is -2.35. The molecule has 0 unspecified atom stereocenters. The molecule has 2 aromatic heterocycles. The highest BCUT2D eigenvalue weighted by molar-refractivity contribution is 5.99. The maximum atomic E-state index is 13.0. The zero-order valence-corrected chi connectivity index (χ0v) is 16.5. The van der Waals surface area contributed by atoms with E-state index < -0.39 is 0 Å². The summed E-state index contributed by atoms with van der Waals surface area (Å²) in [6.07, 6.45) is 1.83. The van der Waals surface area contributed by atoms with Crippen molar-refractivity contribution in [1.82, 2.24) is 14.5 Å². The second-order valence-corrected chi connectivity index (χ2v) is 7.33. The van der Waals surface area contributed by atoms with Gasteiger partial charge in [-0.05, 0) is 44.2 Å². The molecule has 3 heterocycles. The predicted molar refractivity (Wildman–Crippen MR) is 112 cm³/mol. The van der Waals surface area contributed by atoms with E-state index in [4.69, 9.17) is 0 Å². The molecule has 0 N–H and O–H groups in total. The van der Waals surface area contributed by atoms with Crippen molar-refractivity contribution in [1.29, 1.82) is 0 Å². The van der Waals surface area contributed by atoms with E-state index in [9.17, 15) is 4.79 Å². The van der Waals surface area contributed by atoms with Crippen LogP contribution >= 0.6 is 0 Å². The maximum Gasteiger partial charge on any atom is 0.178 e. The molecule has 0 radical (unpaired) electrons. The van der Waals surface area contributed by atoms with Gasteiger partial charge in [-0.2, -0.15) is 0 Å². The lowest BCUT2D eigenvalue weighted by atomic mass is 10.1. The van der Waals surface area contributed by atoms with Gasteiger partial charge in [-0.1, -0.05) is 24.3 Å². The molecular formula is C23H26N4O. The smallest absolute Gasteiger partial charge is 0.178 e. The van der Waals surface area contributed by atoms with Gasteiger partial charge in [0.25, 0.3) is 0 Å². The Morgan fingerprint density at radius 2 is 1.68 bits per heavy atom. The van der Waals surface area contributed by atoms with Crippen molar-refractivity contribution in [3.05, 3.63) is 77.7 Å². The molecule has 4 rings (SSSR count). The van der Waals surface area contributed by atoms with Crippen LogP contribution in [0.5, 0.6) is 0 Å². The number of hydrogen-bond acceptors (Lipinski definition) is 4. The summed E-state index contributed by atoms with van der Waals surface area (Å²) in [5.74, 6) is 1.21. The highest BCUT2D eigenvalue weighted by atomic mass is 16.1. The third kappa shape index (κ3) is 3.71. The number of ketones is 1. The first-order chi connectivity index (χ1) is 13.6. The Hall–Kier alpha value is -2.92. The minimum atomic E-state index is 0.196. The third-order valence-corrected chi connectivity index (χ3v) is 5.46. The van der Waals surface area contributed by atoms with Gasteiger partial charge in [-0.25, -0.2) is 4.98 Å². The number of rotatable bonds is 5. The lowest BCUT2D eigenvalue weighted by Crippen LogP contribution is -2.48. The number of aromatic nitrogens is 2. The summed E-state index contributed by atoms with van der Waals surface area (Å²) in [6.45, 7) is 8.10. The molecule has 0 aliphatic carbocycles. The standard InChI is InChI=1S/C23H26N4O/c1-18-16-21(19(2)27(18)20-8-4-3-5-9-20)22(28)17-25-12-14-26(15-13-25)23-10-6-7-11-24-23/h3-11,16H,12-15,17H2,1-2H3. The third-order valence-electron chi connectivity index (χ3n) is 5.46. The summed E-state index contributed by atoms with van der Waals surface area (Å²) in [7, 11) is 0. The molecule has 0 amide bonds. The highest BCUT2D eigenvalue weighted by Crippen LogP contribution is 2.22. The van der Waals surface area contributed by atoms with Crippen LogP contribution in [-0.4, -0.2) is 53.0 Å². The van der Waals surface area contributed by atoms with Crippen molar-refractivity contribution in [2.24, 2.45) is 0 Å². The molecule has 28 heavy (non-hydrogen) atoms. The molecule has 0 spiro atoms. The van der Waals surface area contributed by atoms with Gasteiger partial charge < -0.3 is 9.47 Å². The van der Waals surface area contributed by atoms with Crippen LogP contribution in [-0.2, 0) is 0 Å². The van der Waals surface area contributed by atoms with Gasteiger partial charge in [0.1, 0.15) is 5.82 Å². The fraction of sp³-hybridized carbons (Fsp3) is 0.304. The Kier molecular flexibility index (Phi) is 5.26. The van der Waals surface area contributed by atoms with Crippen LogP contribution in [0, 0.1) is 13.8 Å². The Bertz CT molecular complexity index is 941. The van der Waals surface area contributed by atoms with Crippen molar-refractivity contribution in [3.8, 4) is 5.69 Å². The van der Waals surface area contributed by atoms with Crippen LogP contribution in [0.4, 0.5) is 5.82 Å². The molecule has 0 bridgehead atoms. The number of anilines is 1. The Morgan fingerprint density at radius 1 is 0.964 bits per heavy atom. The molecule has 1 aliphatic rings. The van der Waals surface area contributed by atoms with Crippen LogP contribution in [0.25, 0.3) is 5.69 Å². The van der Waals surface area contributed by atoms with Crippen molar-refractivity contribution >= 4 is 11.6 Å². The molecule has 1 aliphatic heterocycles. The summed E-state index contributed by atoms with van der Waals surface area (Å²) in [5.41, 5.74) is 4.03. The number of Topliss-reactive ketones (excluding diaryl/α,β-unsaturated/α-hetero) is 1. The summed E-state index contributed by atoms with van der Waals surface area (Å²) < 4.78 is 2.16. The Balaban J connectivity index is 1.43. The average Bonchev–Trinajstić information content (AvgIpc) is 3.04. The molecule has 0 atom stereocenters. The Morgan fingerprint density at radius 3 is 2.36 bits per heavy atom. The van der Waals surface area contributed by atoms with E-state index >= 15 is 0 Å². The fourth-order valence-electron chi connectivity index (χ4n) is 3.98. The Labute approximate surface area is 166 Å². The zero-order chi connectivity index (χ0) is 19.5. The molecule has 0 saturated carbocycles. The number of carbonyl (C=O) groups is 1. The number of para-hydroxylation sites is 1. The van der Waals surface area contributed by atoms with E-state index in [1.165, 1.54) is 0 Å². The molecule has 1 saturated heterocycles. The number of aryl methyl sites for hydroxylation is 1. The van der Waals surface area contributed by atoms with Crippen LogP contribution in [0.3, 0.4) is 0 Å². The number of carbonyl (C=O) groups excluding carboxylic acids is 1. The van der Waals surface area contributed by atoms with Crippen LogP contribution in [0.15, 0.2) is 60.8 Å². The van der Waals surface area contributed by atoms with E-state index in [1.807, 2.05) is 55.6 Å². The van der Waals surface area contributed by atoms with Gasteiger partial charge in [-0.15, -0.1) is 0 Å². The van der Waals surface area contributed by atoms with Crippen LogP contribution in [0.1, 0.15) is 21.7 Å². The number of nitrogens with zero attached hydrogens (tertiary/aromatic N) is 4. The number of pyridine rings is 1.